The van der Waals surface area contributed by atoms with Crippen molar-refractivity contribution in [3.63, 3.8) is 0 Å². The third-order valence-electron chi connectivity index (χ3n) is 3.44. The summed E-state index contributed by atoms with van der Waals surface area (Å²) in [5.74, 6) is 1.69. The summed E-state index contributed by atoms with van der Waals surface area (Å²) in [6.07, 6.45) is 3.68. The molecule has 2 nitrogen and oxygen atoms in total. The maximum absolute atomic E-state index is 5.53. The minimum absolute atomic E-state index is 0.370. The minimum atomic E-state index is 0.370. The summed E-state index contributed by atoms with van der Waals surface area (Å²) in [6, 6.07) is 6.67. The maximum Gasteiger partial charge on any atom is 0.124 e. The number of benzene rings is 1. The Morgan fingerprint density at radius 2 is 2.05 bits per heavy atom. The van der Waals surface area contributed by atoms with Crippen molar-refractivity contribution in [2.75, 3.05) is 13.7 Å². The summed E-state index contributed by atoms with van der Waals surface area (Å²) < 4.78 is 6.59. The molecule has 108 valence electrons. The molecule has 3 heteroatoms. The van der Waals surface area contributed by atoms with Crippen LogP contribution in [0.2, 0.25) is 0 Å². The highest BCUT2D eigenvalue weighted by Gasteiger charge is 2.18. The quantitative estimate of drug-likeness (QED) is 0.730. The third kappa shape index (κ3) is 5.15. The number of methoxy groups -OCH3 is 1. The standard InChI is InChI=1S/C16H26BrNO/c1-5-7-12(3)10-15(18-6-2)14-9-8-13(17)11-16(14)19-4/h8-9,11-12,15,18H,5-7,10H2,1-4H3. The summed E-state index contributed by atoms with van der Waals surface area (Å²) in [5.41, 5.74) is 1.26. The van der Waals surface area contributed by atoms with Crippen LogP contribution in [0.3, 0.4) is 0 Å². The normalized spacial score (nSPS) is 14.2. The summed E-state index contributed by atoms with van der Waals surface area (Å²) >= 11 is 3.50. The van der Waals surface area contributed by atoms with E-state index in [0.717, 1.165) is 29.1 Å². The summed E-state index contributed by atoms with van der Waals surface area (Å²) in [7, 11) is 1.74. The smallest absolute Gasteiger partial charge is 0.124 e. The van der Waals surface area contributed by atoms with E-state index in [0.29, 0.717) is 6.04 Å². The molecule has 0 aliphatic heterocycles. The minimum Gasteiger partial charge on any atom is -0.496 e. The first-order chi connectivity index (χ1) is 9.12. The fourth-order valence-corrected chi connectivity index (χ4v) is 2.89. The van der Waals surface area contributed by atoms with Crippen LogP contribution in [0.25, 0.3) is 0 Å². The topological polar surface area (TPSA) is 21.3 Å². The van der Waals surface area contributed by atoms with Crippen molar-refractivity contribution in [3.8, 4) is 5.75 Å². The van der Waals surface area contributed by atoms with Gasteiger partial charge in [0.15, 0.2) is 0 Å². The molecule has 0 fully saturated rings. The highest BCUT2D eigenvalue weighted by Crippen LogP contribution is 2.32. The van der Waals surface area contributed by atoms with Gasteiger partial charge >= 0.3 is 0 Å². The van der Waals surface area contributed by atoms with Crippen LogP contribution in [0.1, 0.15) is 51.6 Å². The Hall–Kier alpha value is -0.540. The molecule has 1 aromatic carbocycles. The lowest BCUT2D eigenvalue weighted by Crippen LogP contribution is -2.23. The van der Waals surface area contributed by atoms with Gasteiger partial charge in [0.25, 0.3) is 0 Å². The van der Waals surface area contributed by atoms with Crippen LogP contribution in [-0.4, -0.2) is 13.7 Å². The average Bonchev–Trinajstić information content (AvgIpc) is 2.38. The van der Waals surface area contributed by atoms with E-state index in [1.807, 2.05) is 6.07 Å². The van der Waals surface area contributed by atoms with Gasteiger partial charge in [0.2, 0.25) is 0 Å². The van der Waals surface area contributed by atoms with Gasteiger partial charge in [-0.05, 0) is 31.0 Å². The van der Waals surface area contributed by atoms with Crippen molar-refractivity contribution in [1.29, 1.82) is 0 Å². The fraction of sp³-hybridized carbons (Fsp3) is 0.625. The third-order valence-corrected chi connectivity index (χ3v) is 3.93. The lowest BCUT2D eigenvalue weighted by atomic mass is 9.92. The number of hydrogen-bond acceptors (Lipinski definition) is 2. The van der Waals surface area contributed by atoms with Gasteiger partial charge in [-0.2, -0.15) is 0 Å². The second-order valence-corrected chi connectivity index (χ2v) is 6.04. The van der Waals surface area contributed by atoms with Crippen molar-refractivity contribution < 1.29 is 4.74 Å². The van der Waals surface area contributed by atoms with E-state index < -0.39 is 0 Å². The van der Waals surface area contributed by atoms with E-state index in [-0.39, 0.29) is 0 Å². The number of nitrogens with one attached hydrogen (secondary N) is 1. The largest absolute Gasteiger partial charge is 0.496 e. The number of ether oxygens (including phenoxy) is 1. The van der Waals surface area contributed by atoms with Crippen molar-refractivity contribution in [3.05, 3.63) is 28.2 Å². The molecule has 0 aliphatic carbocycles. The molecule has 2 atom stereocenters. The molecule has 0 amide bonds. The Morgan fingerprint density at radius 3 is 2.63 bits per heavy atom. The highest BCUT2D eigenvalue weighted by atomic mass is 79.9. The van der Waals surface area contributed by atoms with Gasteiger partial charge < -0.3 is 10.1 Å². The zero-order chi connectivity index (χ0) is 14.3. The average molecular weight is 328 g/mol. The van der Waals surface area contributed by atoms with Crippen LogP contribution in [0.5, 0.6) is 5.75 Å². The zero-order valence-corrected chi connectivity index (χ0v) is 14.1. The lowest BCUT2D eigenvalue weighted by molar-refractivity contribution is 0.368. The molecule has 0 aromatic heterocycles. The maximum atomic E-state index is 5.53. The Balaban J connectivity index is 2.91. The number of halogens is 1. The molecule has 0 bridgehead atoms. The summed E-state index contributed by atoms with van der Waals surface area (Å²) in [4.78, 5) is 0. The summed E-state index contributed by atoms with van der Waals surface area (Å²) in [6.45, 7) is 7.71. The van der Waals surface area contributed by atoms with Crippen LogP contribution in [0, 0.1) is 5.92 Å². The van der Waals surface area contributed by atoms with Crippen molar-refractivity contribution in [2.45, 2.75) is 46.1 Å². The molecule has 1 rings (SSSR count). The Kier molecular flexibility index (Phi) is 7.47. The van der Waals surface area contributed by atoms with E-state index >= 15 is 0 Å². The molecule has 1 aromatic rings. The first kappa shape index (κ1) is 16.5. The van der Waals surface area contributed by atoms with E-state index in [2.05, 4.69) is 54.2 Å². The van der Waals surface area contributed by atoms with Crippen LogP contribution < -0.4 is 10.1 Å². The first-order valence-corrected chi connectivity index (χ1v) is 7.98. The van der Waals surface area contributed by atoms with Crippen LogP contribution in [0.4, 0.5) is 0 Å². The van der Waals surface area contributed by atoms with E-state index in [1.165, 1.54) is 18.4 Å². The molecule has 2 unspecified atom stereocenters. The lowest BCUT2D eigenvalue weighted by Gasteiger charge is -2.24. The van der Waals surface area contributed by atoms with Gasteiger partial charge in [0.05, 0.1) is 7.11 Å². The monoisotopic (exact) mass is 327 g/mol. The molecule has 1 N–H and O–H groups in total. The SMILES string of the molecule is CCCC(C)CC(NCC)c1ccc(Br)cc1OC. The zero-order valence-electron chi connectivity index (χ0n) is 12.5. The summed E-state index contributed by atoms with van der Waals surface area (Å²) in [5, 5.41) is 3.59. The Bertz CT molecular complexity index is 381. The molecular weight excluding hydrogens is 302 g/mol. The molecule has 0 saturated carbocycles. The molecular formula is C16H26BrNO. The van der Waals surface area contributed by atoms with Crippen molar-refractivity contribution in [1.82, 2.24) is 5.32 Å². The second-order valence-electron chi connectivity index (χ2n) is 5.13. The molecule has 0 heterocycles. The van der Waals surface area contributed by atoms with Crippen molar-refractivity contribution in [2.24, 2.45) is 5.92 Å². The number of rotatable bonds is 8. The van der Waals surface area contributed by atoms with E-state index in [1.54, 1.807) is 7.11 Å². The van der Waals surface area contributed by atoms with Crippen molar-refractivity contribution >= 4 is 15.9 Å². The fourth-order valence-electron chi connectivity index (χ4n) is 2.55. The van der Waals surface area contributed by atoms with Gasteiger partial charge in [0.1, 0.15) is 5.75 Å². The molecule has 0 aliphatic rings. The highest BCUT2D eigenvalue weighted by molar-refractivity contribution is 9.10. The molecule has 0 radical (unpaired) electrons. The first-order valence-electron chi connectivity index (χ1n) is 7.19. The van der Waals surface area contributed by atoms with Gasteiger partial charge in [-0.3, -0.25) is 0 Å². The van der Waals surface area contributed by atoms with E-state index in [4.69, 9.17) is 4.74 Å². The van der Waals surface area contributed by atoms with Crippen LogP contribution in [-0.2, 0) is 0 Å². The number of hydrogen-bond donors (Lipinski definition) is 1. The predicted molar refractivity (Wildman–Crippen MR) is 85.8 cm³/mol. The molecule has 0 saturated heterocycles. The molecule has 0 spiro atoms. The molecule has 19 heavy (non-hydrogen) atoms. The predicted octanol–water partition coefficient (Wildman–Crippen LogP) is 4.93. The van der Waals surface area contributed by atoms with Crippen LogP contribution >= 0.6 is 15.9 Å². The van der Waals surface area contributed by atoms with Gasteiger partial charge in [0, 0.05) is 16.1 Å². The van der Waals surface area contributed by atoms with Gasteiger partial charge in [-0.15, -0.1) is 0 Å². The van der Waals surface area contributed by atoms with E-state index in [9.17, 15) is 0 Å². The second kappa shape index (κ2) is 8.60. The van der Waals surface area contributed by atoms with Gasteiger partial charge in [-0.25, -0.2) is 0 Å². The Labute approximate surface area is 126 Å². The Morgan fingerprint density at radius 1 is 1.32 bits per heavy atom. The van der Waals surface area contributed by atoms with Gasteiger partial charge in [-0.1, -0.05) is 55.6 Å². The van der Waals surface area contributed by atoms with Crippen LogP contribution in [0.15, 0.2) is 22.7 Å².